The third-order valence-corrected chi connectivity index (χ3v) is 2.52. The Kier molecular flexibility index (Phi) is 4.67. The zero-order valence-electron chi connectivity index (χ0n) is 9.98. The summed E-state index contributed by atoms with van der Waals surface area (Å²) in [5, 5.41) is 2.69. The van der Waals surface area contributed by atoms with Gasteiger partial charge in [0.05, 0.1) is 6.42 Å². The number of rotatable bonds is 4. The van der Waals surface area contributed by atoms with Crippen molar-refractivity contribution >= 4 is 0 Å². The Morgan fingerprint density at radius 1 is 1.11 bits per heavy atom. The van der Waals surface area contributed by atoms with Gasteiger partial charge in [-0.05, 0) is 31.5 Å². The monoisotopic (exact) mass is 267 g/mol. The molecule has 102 valence electrons. The molecule has 0 radical (unpaired) electrons. The molecule has 0 aliphatic heterocycles. The van der Waals surface area contributed by atoms with Gasteiger partial charge in [-0.2, -0.15) is 13.2 Å². The summed E-state index contributed by atoms with van der Waals surface area (Å²) in [5.74, 6) is -1.99. The number of hydrogen-bond donors (Lipinski definition) is 1. The molecule has 6 heteroatoms. The Morgan fingerprint density at radius 3 is 2.22 bits per heavy atom. The first kappa shape index (κ1) is 14.9. The molecule has 0 amide bonds. The lowest BCUT2D eigenvalue weighted by Gasteiger charge is -2.21. The molecular weight excluding hydrogens is 253 g/mol. The fourth-order valence-corrected chi connectivity index (χ4v) is 1.71. The maximum absolute atomic E-state index is 13.0. The molecule has 2 unspecified atom stereocenters. The van der Waals surface area contributed by atoms with Gasteiger partial charge in [0.15, 0.2) is 11.6 Å². The van der Waals surface area contributed by atoms with Crippen LogP contribution in [0.2, 0.25) is 0 Å². The third kappa shape index (κ3) is 4.60. The second-order valence-electron chi connectivity index (χ2n) is 4.28. The van der Waals surface area contributed by atoms with Gasteiger partial charge >= 0.3 is 6.18 Å². The largest absolute Gasteiger partial charge is 0.390 e. The first-order valence-electron chi connectivity index (χ1n) is 5.47. The Balaban J connectivity index is 2.64. The van der Waals surface area contributed by atoms with E-state index < -0.39 is 36.3 Å². The molecule has 0 fully saturated rings. The van der Waals surface area contributed by atoms with Gasteiger partial charge in [0.1, 0.15) is 0 Å². The average molecular weight is 267 g/mol. The number of halogens is 5. The summed E-state index contributed by atoms with van der Waals surface area (Å²) in [6, 6.07) is 1.99. The Morgan fingerprint density at radius 2 is 1.72 bits per heavy atom. The van der Waals surface area contributed by atoms with E-state index in [0.717, 1.165) is 12.1 Å². The Bertz CT molecular complexity index is 402. The predicted octanol–water partition coefficient (Wildman–Crippen LogP) is 3.96. The molecule has 1 N–H and O–H groups in total. The minimum atomic E-state index is -4.25. The van der Waals surface area contributed by atoms with Gasteiger partial charge < -0.3 is 5.32 Å². The normalized spacial score (nSPS) is 15.5. The van der Waals surface area contributed by atoms with Gasteiger partial charge in [0, 0.05) is 12.1 Å². The molecule has 0 aliphatic carbocycles. The molecule has 0 bridgehead atoms. The summed E-state index contributed by atoms with van der Waals surface area (Å²) in [6.07, 6.45) is -5.22. The number of nitrogens with one attached hydrogen (secondary N) is 1. The van der Waals surface area contributed by atoms with Crippen LogP contribution >= 0.6 is 0 Å². The molecule has 0 spiro atoms. The van der Waals surface area contributed by atoms with E-state index in [-0.39, 0.29) is 0 Å². The second-order valence-corrected chi connectivity index (χ2v) is 4.28. The molecule has 1 rings (SSSR count). The van der Waals surface area contributed by atoms with E-state index in [2.05, 4.69) is 5.32 Å². The van der Waals surface area contributed by atoms with Crippen LogP contribution in [0.1, 0.15) is 31.9 Å². The lowest BCUT2D eigenvalue weighted by atomic mass is 10.1. The van der Waals surface area contributed by atoms with Crippen LogP contribution in [0.25, 0.3) is 0 Å². The van der Waals surface area contributed by atoms with Crippen molar-refractivity contribution < 1.29 is 22.0 Å². The zero-order valence-corrected chi connectivity index (χ0v) is 9.98. The second kappa shape index (κ2) is 5.65. The lowest BCUT2D eigenvalue weighted by molar-refractivity contribution is -0.139. The van der Waals surface area contributed by atoms with Crippen molar-refractivity contribution in [2.45, 2.75) is 38.5 Å². The Hall–Kier alpha value is -1.17. The summed E-state index contributed by atoms with van der Waals surface area (Å²) < 4.78 is 62.0. The number of alkyl halides is 3. The third-order valence-electron chi connectivity index (χ3n) is 2.52. The first-order chi connectivity index (χ1) is 8.19. The standard InChI is InChI=1S/C12H14F5N/c1-7(6-12(15,16)17)18-8(2)9-3-4-10(13)11(14)5-9/h3-5,7-8,18H,6H2,1-2H3. The molecule has 0 saturated heterocycles. The summed E-state index contributed by atoms with van der Waals surface area (Å²) in [7, 11) is 0. The highest BCUT2D eigenvalue weighted by Gasteiger charge is 2.30. The van der Waals surface area contributed by atoms with Crippen molar-refractivity contribution in [2.24, 2.45) is 0 Å². The molecule has 1 aromatic carbocycles. The van der Waals surface area contributed by atoms with E-state index in [0.29, 0.717) is 5.56 Å². The van der Waals surface area contributed by atoms with Crippen molar-refractivity contribution in [3.05, 3.63) is 35.4 Å². The topological polar surface area (TPSA) is 12.0 Å². The van der Waals surface area contributed by atoms with Gasteiger partial charge in [0.25, 0.3) is 0 Å². The average Bonchev–Trinajstić information content (AvgIpc) is 2.18. The highest BCUT2D eigenvalue weighted by molar-refractivity contribution is 5.20. The van der Waals surface area contributed by atoms with E-state index in [1.165, 1.54) is 13.0 Å². The summed E-state index contributed by atoms with van der Waals surface area (Å²) >= 11 is 0. The molecule has 2 atom stereocenters. The highest BCUT2D eigenvalue weighted by atomic mass is 19.4. The van der Waals surface area contributed by atoms with Crippen molar-refractivity contribution in [1.82, 2.24) is 5.32 Å². The van der Waals surface area contributed by atoms with Gasteiger partial charge in [-0.1, -0.05) is 6.07 Å². The van der Waals surface area contributed by atoms with Crippen LogP contribution in [0, 0.1) is 11.6 Å². The van der Waals surface area contributed by atoms with Crippen molar-refractivity contribution in [3.63, 3.8) is 0 Å². The van der Waals surface area contributed by atoms with E-state index in [1.807, 2.05) is 0 Å². The fraction of sp³-hybridized carbons (Fsp3) is 0.500. The molecule has 18 heavy (non-hydrogen) atoms. The number of benzene rings is 1. The highest BCUT2D eigenvalue weighted by Crippen LogP contribution is 2.23. The van der Waals surface area contributed by atoms with Crippen molar-refractivity contribution in [2.75, 3.05) is 0 Å². The van der Waals surface area contributed by atoms with E-state index in [4.69, 9.17) is 0 Å². The zero-order chi connectivity index (χ0) is 13.9. The van der Waals surface area contributed by atoms with E-state index >= 15 is 0 Å². The van der Waals surface area contributed by atoms with Crippen LogP contribution in [-0.4, -0.2) is 12.2 Å². The maximum atomic E-state index is 13.0. The van der Waals surface area contributed by atoms with E-state index in [1.54, 1.807) is 6.92 Å². The quantitative estimate of drug-likeness (QED) is 0.814. The van der Waals surface area contributed by atoms with Gasteiger partial charge in [-0.3, -0.25) is 0 Å². The van der Waals surface area contributed by atoms with Crippen LogP contribution in [0.4, 0.5) is 22.0 Å². The SMILES string of the molecule is CC(CC(F)(F)F)NC(C)c1ccc(F)c(F)c1. The molecule has 1 nitrogen and oxygen atoms in total. The molecule has 0 aliphatic rings. The fourth-order valence-electron chi connectivity index (χ4n) is 1.71. The maximum Gasteiger partial charge on any atom is 0.390 e. The van der Waals surface area contributed by atoms with Crippen LogP contribution < -0.4 is 5.32 Å². The summed E-state index contributed by atoms with van der Waals surface area (Å²) in [6.45, 7) is 2.99. The minimum Gasteiger partial charge on any atom is -0.307 e. The molecule has 1 aromatic rings. The van der Waals surface area contributed by atoms with Gasteiger partial charge in [0.2, 0.25) is 0 Å². The molecule has 0 saturated carbocycles. The van der Waals surface area contributed by atoms with Crippen LogP contribution in [-0.2, 0) is 0 Å². The van der Waals surface area contributed by atoms with Crippen molar-refractivity contribution in [3.8, 4) is 0 Å². The summed E-state index contributed by atoms with van der Waals surface area (Å²) in [4.78, 5) is 0. The van der Waals surface area contributed by atoms with Gasteiger partial charge in [-0.25, -0.2) is 8.78 Å². The molecule has 0 aromatic heterocycles. The first-order valence-corrected chi connectivity index (χ1v) is 5.47. The van der Waals surface area contributed by atoms with Crippen LogP contribution in [0.5, 0.6) is 0 Å². The molecular formula is C12H14F5N. The van der Waals surface area contributed by atoms with E-state index in [9.17, 15) is 22.0 Å². The smallest absolute Gasteiger partial charge is 0.307 e. The predicted molar refractivity (Wildman–Crippen MR) is 58.0 cm³/mol. The minimum absolute atomic E-state index is 0.405. The van der Waals surface area contributed by atoms with Crippen LogP contribution in [0.3, 0.4) is 0 Å². The molecule has 0 heterocycles. The van der Waals surface area contributed by atoms with Crippen LogP contribution in [0.15, 0.2) is 18.2 Å². The van der Waals surface area contributed by atoms with Crippen molar-refractivity contribution in [1.29, 1.82) is 0 Å². The summed E-state index contributed by atoms with van der Waals surface area (Å²) in [5.41, 5.74) is 0.405. The van der Waals surface area contributed by atoms with Gasteiger partial charge in [-0.15, -0.1) is 0 Å². The lowest BCUT2D eigenvalue weighted by Crippen LogP contribution is -2.33. The Labute approximate surface area is 102 Å². The number of hydrogen-bond acceptors (Lipinski definition) is 1.